The highest BCUT2D eigenvalue weighted by Crippen LogP contribution is 2.22. The van der Waals surface area contributed by atoms with Crippen LogP contribution < -0.4 is 0 Å². The van der Waals surface area contributed by atoms with E-state index < -0.39 is 0 Å². The SMILES string of the molecule is Cc1cnn(C2CCCN(C(=O)CN3CSCC3=O)C2)c1. The maximum absolute atomic E-state index is 12.4. The van der Waals surface area contributed by atoms with Gasteiger partial charge in [0.05, 0.1) is 23.9 Å². The van der Waals surface area contributed by atoms with Gasteiger partial charge >= 0.3 is 0 Å². The monoisotopic (exact) mass is 308 g/mol. The summed E-state index contributed by atoms with van der Waals surface area (Å²) in [4.78, 5) is 27.5. The Labute approximate surface area is 128 Å². The molecule has 0 radical (unpaired) electrons. The molecule has 114 valence electrons. The number of nitrogens with zero attached hydrogens (tertiary/aromatic N) is 4. The number of aromatic nitrogens is 2. The average molecular weight is 308 g/mol. The van der Waals surface area contributed by atoms with Gasteiger partial charge in [-0.05, 0) is 25.3 Å². The van der Waals surface area contributed by atoms with E-state index in [9.17, 15) is 9.59 Å². The molecule has 0 saturated carbocycles. The fraction of sp³-hybridized carbons (Fsp3) is 0.643. The second-order valence-electron chi connectivity index (χ2n) is 5.70. The molecule has 0 bridgehead atoms. The zero-order valence-corrected chi connectivity index (χ0v) is 13.0. The molecule has 3 heterocycles. The molecule has 21 heavy (non-hydrogen) atoms. The lowest BCUT2D eigenvalue weighted by atomic mass is 10.1. The number of aryl methyl sites for hydroxylation is 1. The van der Waals surface area contributed by atoms with Crippen LogP contribution in [0.2, 0.25) is 0 Å². The standard InChI is InChI=1S/C14H20N4O2S/c1-11-5-15-18(6-11)12-3-2-4-16(7-12)13(19)8-17-10-21-9-14(17)20/h5-6,12H,2-4,7-10H2,1H3. The Bertz CT molecular complexity index is 545. The molecule has 1 aromatic heterocycles. The molecule has 7 heteroatoms. The normalized spacial score (nSPS) is 22.9. The maximum atomic E-state index is 12.4. The summed E-state index contributed by atoms with van der Waals surface area (Å²) in [6.07, 6.45) is 5.90. The van der Waals surface area contributed by atoms with Gasteiger partial charge in [0.2, 0.25) is 11.8 Å². The van der Waals surface area contributed by atoms with E-state index in [-0.39, 0.29) is 24.4 Å². The van der Waals surface area contributed by atoms with Gasteiger partial charge in [-0.2, -0.15) is 5.10 Å². The van der Waals surface area contributed by atoms with Gasteiger partial charge < -0.3 is 9.80 Å². The van der Waals surface area contributed by atoms with Gasteiger partial charge in [0.25, 0.3) is 0 Å². The molecule has 1 aromatic rings. The summed E-state index contributed by atoms with van der Waals surface area (Å²) < 4.78 is 1.96. The Balaban J connectivity index is 1.60. The Hall–Kier alpha value is -1.50. The summed E-state index contributed by atoms with van der Waals surface area (Å²) in [5, 5.41) is 4.36. The molecule has 0 aliphatic carbocycles. The van der Waals surface area contributed by atoms with Gasteiger partial charge in [-0.1, -0.05) is 0 Å². The quantitative estimate of drug-likeness (QED) is 0.832. The van der Waals surface area contributed by atoms with Crippen LogP contribution in [0, 0.1) is 6.92 Å². The van der Waals surface area contributed by atoms with E-state index in [2.05, 4.69) is 5.10 Å². The number of carbonyl (C=O) groups is 2. The third-order valence-corrected chi connectivity index (χ3v) is 4.95. The maximum Gasteiger partial charge on any atom is 0.242 e. The second-order valence-corrected chi connectivity index (χ2v) is 6.66. The first kappa shape index (κ1) is 14.4. The van der Waals surface area contributed by atoms with Crippen LogP contribution in [0.5, 0.6) is 0 Å². The van der Waals surface area contributed by atoms with Crippen molar-refractivity contribution in [3.8, 4) is 0 Å². The van der Waals surface area contributed by atoms with Crippen molar-refractivity contribution in [2.75, 3.05) is 31.3 Å². The van der Waals surface area contributed by atoms with E-state index in [1.54, 1.807) is 16.7 Å². The topological polar surface area (TPSA) is 58.4 Å². The van der Waals surface area contributed by atoms with Crippen molar-refractivity contribution in [3.05, 3.63) is 18.0 Å². The molecule has 0 N–H and O–H groups in total. The first-order chi connectivity index (χ1) is 10.1. The number of amides is 2. The van der Waals surface area contributed by atoms with Crippen molar-refractivity contribution >= 4 is 23.6 Å². The fourth-order valence-corrected chi connectivity index (χ4v) is 3.74. The van der Waals surface area contributed by atoms with Crippen molar-refractivity contribution in [1.82, 2.24) is 19.6 Å². The molecule has 0 aromatic carbocycles. The second kappa shape index (κ2) is 6.09. The van der Waals surface area contributed by atoms with Crippen LogP contribution in [0.15, 0.2) is 12.4 Å². The van der Waals surface area contributed by atoms with Crippen molar-refractivity contribution < 1.29 is 9.59 Å². The van der Waals surface area contributed by atoms with E-state index in [0.29, 0.717) is 18.2 Å². The Morgan fingerprint density at radius 3 is 3.05 bits per heavy atom. The minimum absolute atomic E-state index is 0.0550. The van der Waals surface area contributed by atoms with Crippen LogP contribution in [0.25, 0.3) is 0 Å². The number of likely N-dealkylation sites (tertiary alicyclic amines) is 1. The van der Waals surface area contributed by atoms with E-state index in [1.165, 1.54) is 0 Å². The molecule has 2 aliphatic rings. The molecular formula is C14H20N4O2S. The number of hydrogen-bond donors (Lipinski definition) is 0. The molecule has 3 rings (SSSR count). The number of rotatable bonds is 3. The first-order valence-corrected chi connectivity index (χ1v) is 8.43. The lowest BCUT2D eigenvalue weighted by Gasteiger charge is -2.33. The minimum Gasteiger partial charge on any atom is -0.339 e. The van der Waals surface area contributed by atoms with Gasteiger partial charge in [-0.15, -0.1) is 11.8 Å². The first-order valence-electron chi connectivity index (χ1n) is 7.27. The number of thioether (sulfide) groups is 1. The fourth-order valence-electron chi connectivity index (χ4n) is 2.83. The zero-order chi connectivity index (χ0) is 14.8. The molecule has 2 fully saturated rings. The third kappa shape index (κ3) is 3.23. The largest absolute Gasteiger partial charge is 0.339 e. The van der Waals surface area contributed by atoms with Crippen molar-refractivity contribution in [2.24, 2.45) is 0 Å². The lowest BCUT2D eigenvalue weighted by Crippen LogP contribution is -2.46. The van der Waals surface area contributed by atoms with Crippen LogP contribution in [-0.4, -0.2) is 62.7 Å². The predicted octanol–water partition coefficient (Wildman–Crippen LogP) is 0.888. The molecule has 1 atom stereocenters. The van der Waals surface area contributed by atoms with E-state index in [4.69, 9.17) is 0 Å². The molecule has 1 unspecified atom stereocenters. The molecular weight excluding hydrogens is 288 g/mol. The van der Waals surface area contributed by atoms with Crippen LogP contribution in [0.3, 0.4) is 0 Å². The van der Waals surface area contributed by atoms with Gasteiger partial charge in [-0.25, -0.2) is 0 Å². The summed E-state index contributed by atoms with van der Waals surface area (Å²) in [5.41, 5.74) is 1.14. The average Bonchev–Trinajstić information content (AvgIpc) is 3.08. The predicted molar refractivity (Wildman–Crippen MR) is 80.9 cm³/mol. The summed E-state index contributed by atoms with van der Waals surface area (Å²) in [5.74, 6) is 1.27. The minimum atomic E-state index is 0.0550. The van der Waals surface area contributed by atoms with Crippen LogP contribution in [0.1, 0.15) is 24.4 Å². The van der Waals surface area contributed by atoms with Gasteiger partial charge in [0.1, 0.15) is 6.54 Å². The molecule has 6 nitrogen and oxygen atoms in total. The highest BCUT2D eigenvalue weighted by molar-refractivity contribution is 8.00. The third-order valence-electron chi connectivity index (χ3n) is 4.01. The summed E-state index contributed by atoms with van der Waals surface area (Å²) >= 11 is 1.57. The lowest BCUT2D eigenvalue weighted by molar-refractivity contribution is -0.139. The van der Waals surface area contributed by atoms with E-state index >= 15 is 0 Å². The number of piperidine rings is 1. The summed E-state index contributed by atoms with van der Waals surface area (Å²) in [6.45, 7) is 3.71. The van der Waals surface area contributed by atoms with Crippen molar-refractivity contribution in [3.63, 3.8) is 0 Å². The summed E-state index contributed by atoms with van der Waals surface area (Å²) in [6, 6.07) is 0.250. The number of hydrogen-bond acceptors (Lipinski definition) is 4. The number of carbonyl (C=O) groups excluding carboxylic acids is 2. The summed E-state index contributed by atoms with van der Waals surface area (Å²) in [7, 11) is 0. The Morgan fingerprint density at radius 1 is 1.52 bits per heavy atom. The van der Waals surface area contributed by atoms with Crippen LogP contribution >= 0.6 is 11.8 Å². The molecule has 2 aliphatic heterocycles. The van der Waals surface area contributed by atoms with Crippen molar-refractivity contribution in [2.45, 2.75) is 25.8 Å². The Kier molecular flexibility index (Phi) is 4.19. The van der Waals surface area contributed by atoms with Crippen LogP contribution in [-0.2, 0) is 9.59 Å². The van der Waals surface area contributed by atoms with Gasteiger partial charge in [-0.3, -0.25) is 14.3 Å². The highest BCUT2D eigenvalue weighted by atomic mass is 32.2. The molecule has 0 spiro atoms. The van der Waals surface area contributed by atoms with Crippen LogP contribution in [0.4, 0.5) is 0 Å². The van der Waals surface area contributed by atoms with Gasteiger partial charge in [0, 0.05) is 19.3 Å². The smallest absolute Gasteiger partial charge is 0.242 e. The zero-order valence-electron chi connectivity index (χ0n) is 12.2. The Morgan fingerprint density at radius 2 is 2.38 bits per heavy atom. The van der Waals surface area contributed by atoms with Crippen molar-refractivity contribution in [1.29, 1.82) is 0 Å². The van der Waals surface area contributed by atoms with E-state index in [1.807, 2.05) is 28.9 Å². The molecule has 2 saturated heterocycles. The highest BCUT2D eigenvalue weighted by Gasteiger charge is 2.29. The molecule has 2 amide bonds. The van der Waals surface area contributed by atoms with E-state index in [0.717, 1.165) is 24.9 Å². The van der Waals surface area contributed by atoms with Gasteiger partial charge in [0.15, 0.2) is 0 Å².